The van der Waals surface area contributed by atoms with Crippen LogP contribution in [0.2, 0.25) is 0 Å². The van der Waals surface area contributed by atoms with E-state index in [1.54, 1.807) is 12.3 Å². The van der Waals surface area contributed by atoms with Gasteiger partial charge in [0.1, 0.15) is 5.69 Å². The number of rotatable bonds is 3. The van der Waals surface area contributed by atoms with Gasteiger partial charge in [-0.15, -0.1) is 0 Å². The van der Waals surface area contributed by atoms with Gasteiger partial charge in [-0.25, -0.2) is 4.79 Å². The predicted octanol–water partition coefficient (Wildman–Crippen LogP) is 0.521. The molecule has 0 fully saturated rings. The van der Waals surface area contributed by atoms with E-state index in [1.807, 2.05) is 7.05 Å². The topological polar surface area (TPSA) is 54.1 Å². The van der Waals surface area contributed by atoms with Crippen LogP contribution in [0.3, 0.4) is 0 Å². The van der Waals surface area contributed by atoms with Crippen LogP contribution in [0.1, 0.15) is 16.1 Å². The molecule has 0 saturated carbocycles. The predicted molar refractivity (Wildman–Crippen MR) is 44.9 cm³/mol. The summed E-state index contributed by atoms with van der Waals surface area (Å²) in [6.45, 7) is 0.744. The van der Waals surface area contributed by atoms with Crippen molar-refractivity contribution in [2.75, 3.05) is 14.2 Å². The van der Waals surface area contributed by atoms with Gasteiger partial charge in [0, 0.05) is 12.7 Å². The summed E-state index contributed by atoms with van der Waals surface area (Å²) in [5.41, 5.74) is 1.53. The standard InChI is InChI=1S/C8H12N2O2/c1-9-4-6-3-7(10-5-6)8(11)12-2/h3,5,9-10H,4H2,1-2H3. The number of methoxy groups -OCH3 is 1. The van der Waals surface area contributed by atoms with Gasteiger partial charge in [-0.1, -0.05) is 0 Å². The molecule has 0 saturated heterocycles. The highest BCUT2D eigenvalue weighted by Gasteiger charge is 2.06. The molecule has 4 nitrogen and oxygen atoms in total. The first kappa shape index (κ1) is 8.80. The fourth-order valence-electron chi connectivity index (χ4n) is 0.973. The molecule has 0 radical (unpaired) electrons. The highest BCUT2D eigenvalue weighted by molar-refractivity contribution is 5.87. The van der Waals surface area contributed by atoms with Crippen LogP contribution in [0, 0.1) is 0 Å². The van der Waals surface area contributed by atoms with E-state index in [0.29, 0.717) is 5.69 Å². The third-order valence-corrected chi connectivity index (χ3v) is 1.53. The Labute approximate surface area is 70.9 Å². The molecule has 1 heterocycles. The van der Waals surface area contributed by atoms with E-state index in [0.717, 1.165) is 12.1 Å². The lowest BCUT2D eigenvalue weighted by Gasteiger charge is -1.93. The van der Waals surface area contributed by atoms with Crippen LogP contribution in [-0.4, -0.2) is 25.1 Å². The number of esters is 1. The van der Waals surface area contributed by atoms with Crippen molar-refractivity contribution in [3.05, 3.63) is 23.5 Å². The van der Waals surface area contributed by atoms with Gasteiger partial charge in [-0.2, -0.15) is 0 Å². The summed E-state index contributed by atoms with van der Waals surface area (Å²) in [6.07, 6.45) is 1.78. The van der Waals surface area contributed by atoms with Crippen LogP contribution in [0.4, 0.5) is 0 Å². The van der Waals surface area contributed by atoms with Crippen molar-refractivity contribution in [1.29, 1.82) is 0 Å². The van der Waals surface area contributed by atoms with Crippen LogP contribution < -0.4 is 5.32 Å². The van der Waals surface area contributed by atoms with Crippen molar-refractivity contribution >= 4 is 5.97 Å². The molecule has 1 rings (SSSR count). The average molecular weight is 168 g/mol. The Bertz CT molecular complexity index is 268. The number of hydrogen-bond acceptors (Lipinski definition) is 3. The number of ether oxygens (including phenoxy) is 1. The summed E-state index contributed by atoms with van der Waals surface area (Å²) in [5, 5.41) is 2.98. The van der Waals surface area contributed by atoms with E-state index in [2.05, 4.69) is 15.0 Å². The van der Waals surface area contributed by atoms with Gasteiger partial charge in [0.2, 0.25) is 0 Å². The Kier molecular flexibility index (Phi) is 2.88. The Morgan fingerprint density at radius 2 is 2.50 bits per heavy atom. The van der Waals surface area contributed by atoms with Crippen LogP contribution in [0.5, 0.6) is 0 Å². The molecule has 0 aliphatic rings. The molecule has 0 spiro atoms. The minimum atomic E-state index is -0.336. The molecule has 0 aliphatic heterocycles. The van der Waals surface area contributed by atoms with Gasteiger partial charge in [0.25, 0.3) is 0 Å². The second-order valence-electron chi connectivity index (χ2n) is 2.44. The second-order valence-corrected chi connectivity index (χ2v) is 2.44. The van der Waals surface area contributed by atoms with Crippen molar-refractivity contribution < 1.29 is 9.53 Å². The summed E-state index contributed by atoms with van der Waals surface area (Å²) >= 11 is 0. The molecule has 4 heteroatoms. The molecule has 1 aromatic heterocycles. The van der Waals surface area contributed by atoms with Crippen LogP contribution in [-0.2, 0) is 11.3 Å². The maximum absolute atomic E-state index is 11.0. The third kappa shape index (κ3) is 1.85. The zero-order valence-corrected chi connectivity index (χ0v) is 7.18. The van der Waals surface area contributed by atoms with Gasteiger partial charge in [0.15, 0.2) is 0 Å². The van der Waals surface area contributed by atoms with Gasteiger partial charge >= 0.3 is 5.97 Å². The monoisotopic (exact) mass is 168 g/mol. The van der Waals surface area contributed by atoms with Crippen molar-refractivity contribution in [1.82, 2.24) is 10.3 Å². The van der Waals surface area contributed by atoms with E-state index >= 15 is 0 Å². The summed E-state index contributed by atoms with van der Waals surface area (Å²) in [7, 11) is 3.21. The number of aromatic nitrogens is 1. The Morgan fingerprint density at radius 3 is 3.08 bits per heavy atom. The number of hydrogen-bond donors (Lipinski definition) is 2. The van der Waals surface area contributed by atoms with Crippen molar-refractivity contribution in [3.8, 4) is 0 Å². The largest absolute Gasteiger partial charge is 0.464 e. The third-order valence-electron chi connectivity index (χ3n) is 1.53. The van der Waals surface area contributed by atoms with Crippen molar-refractivity contribution in [2.45, 2.75) is 6.54 Å². The van der Waals surface area contributed by atoms with Crippen LogP contribution in [0.25, 0.3) is 0 Å². The Hall–Kier alpha value is -1.29. The molecular formula is C8H12N2O2. The SMILES string of the molecule is CNCc1c[nH]c(C(=O)OC)c1. The summed E-state index contributed by atoms with van der Waals surface area (Å²) in [4.78, 5) is 13.8. The number of nitrogens with one attached hydrogen (secondary N) is 2. The fraction of sp³-hybridized carbons (Fsp3) is 0.375. The molecule has 2 N–H and O–H groups in total. The fourth-order valence-corrected chi connectivity index (χ4v) is 0.973. The van der Waals surface area contributed by atoms with Gasteiger partial charge in [-0.05, 0) is 18.7 Å². The first-order valence-electron chi connectivity index (χ1n) is 3.68. The van der Waals surface area contributed by atoms with Crippen LogP contribution >= 0.6 is 0 Å². The van der Waals surface area contributed by atoms with Gasteiger partial charge < -0.3 is 15.0 Å². The lowest BCUT2D eigenvalue weighted by atomic mass is 10.3. The maximum Gasteiger partial charge on any atom is 0.354 e. The minimum Gasteiger partial charge on any atom is -0.464 e. The molecule has 0 bridgehead atoms. The molecule has 1 aromatic rings. The minimum absolute atomic E-state index is 0.336. The number of aromatic amines is 1. The van der Waals surface area contributed by atoms with E-state index < -0.39 is 0 Å². The second kappa shape index (κ2) is 3.92. The zero-order chi connectivity index (χ0) is 8.97. The highest BCUT2D eigenvalue weighted by atomic mass is 16.5. The van der Waals surface area contributed by atoms with E-state index in [1.165, 1.54) is 7.11 Å². The summed E-state index contributed by atoms with van der Waals surface area (Å²) < 4.78 is 4.54. The van der Waals surface area contributed by atoms with Crippen molar-refractivity contribution in [2.24, 2.45) is 0 Å². The Balaban J connectivity index is 2.70. The summed E-state index contributed by atoms with van der Waals surface area (Å²) in [5.74, 6) is -0.336. The smallest absolute Gasteiger partial charge is 0.354 e. The van der Waals surface area contributed by atoms with Crippen LogP contribution in [0.15, 0.2) is 12.3 Å². The number of H-pyrrole nitrogens is 1. The lowest BCUT2D eigenvalue weighted by Crippen LogP contribution is -2.04. The quantitative estimate of drug-likeness (QED) is 0.647. The maximum atomic E-state index is 11.0. The van der Waals surface area contributed by atoms with Gasteiger partial charge in [-0.3, -0.25) is 0 Å². The van der Waals surface area contributed by atoms with E-state index in [4.69, 9.17) is 0 Å². The lowest BCUT2D eigenvalue weighted by molar-refractivity contribution is 0.0595. The molecule has 0 unspecified atom stereocenters. The molecule has 0 aromatic carbocycles. The molecular weight excluding hydrogens is 156 g/mol. The van der Waals surface area contributed by atoms with Gasteiger partial charge in [0.05, 0.1) is 7.11 Å². The molecule has 66 valence electrons. The first-order valence-corrected chi connectivity index (χ1v) is 3.68. The zero-order valence-electron chi connectivity index (χ0n) is 7.18. The molecule has 12 heavy (non-hydrogen) atoms. The Morgan fingerprint density at radius 1 is 1.75 bits per heavy atom. The average Bonchev–Trinajstić information content (AvgIpc) is 2.52. The first-order chi connectivity index (χ1) is 5.77. The van der Waals surface area contributed by atoms with Crippen molar-refractivity contribution in [3.63, 3.8) is 0 Å². The van der Waals surface area contributed by atoms with E-state index in [-0.39, 0.29) is 5.97 Å². The molecule has 0 atom stereocenters. The number of carbonyl (C=O) groups excluding carboxylic acids is 1. The highest BCUT2D eigenvalue weighted by Crippen LogP contribution is 2.03. The van der Waals surface area contributed by atoms with E-state index in [9.17, 15) is 4.79 Å². The molecule has 0 amide bonds. The number of carbonyl (C=O) groups is 1. The summed E-state index contributed by atoms with van der Waals surface area (Å²) in [6, 6.07) is 1.77. The molecule has 0 aliphatic carbocycles. The normalized spacial score (nSPS) is 9.83.